The molecule has 1 atom stereocenters. The van der Waals surface area contributed by atoms with Crippen LogP contribution in [0, 0.1) is 19.8 Å². The van der Waals surface area contributed by atoms with Crippen LogP contribution >= 0.6 is 22.9 Å². The number of halogens is 1. The van der Waals surface area contributed by atoms with Crippen LogP contribution in [0.4, 0.5) is 5.00 Å². The van der Waals surface area contributed by atoms with Gasteiger partial charge in [0.25, 0.3) is 5.91 Å². The highest BCUT2D eigenvalue weighted by Crippen LogP contribution is 2.43. The van der Waals surface area contributed by atoms with Gasteiger partial charge in [-0.05, 0) is 81.1 Å². The van der Waals surface area contributed by atoms with Gasteiger partial charge in [-0.3, -0.25) is 9.69 Å². The standard InChI is InChI=1S/C26H29ClN2OS/c1-17-12-14-29(15-13-17)24(21-10-7-11-22(27)16-21)23-18(2)19(3)31-26(23)28-25(30)20-8-5-4-6-9-20/h4-11,16-17,24H,12-15H2,1-3H3,(H,28,30)/t24-/m1/s1. The highest BCUT2D eigenvalue weighted by molar-refractivity contribution is 7.16. The third-order valence-electron chi connectivity index (χ3n) is 6.32. The van der Waals surface area contributed by atoms with E-state index in [0.717, 1.165) is 29.0 Å². The number of thiophene rings is 1. The Morgan fingerprint density at radius 2 is 1.81 bits per heavy atom. The number of carbonyl (C=O) groups excluding carboxylic acids is 1. The number of rotatable bonds is 5. The maximum atomic E-state index is 13.0. The second-order valence-electron chi connectivity index (χ2n) is 8.52. The van der Waals surface area contributed by atoms with Crippen molar-refractivity contribution in [2.45, 2.75) is 39.7 Å². The number of benzene rings is 2. The molecule has 0 saturated carbocycles. The minimum atomic E-state index is -0.0692. The molecule has 0 spiro atoms. The molecule has 162 valence electrons. The molecular weight excluding hydrogens is 424 g/mol. The van der Waals surface area contributed by atoms with E-state index in [2.05, 4.69) is 43.1 Å². The van der Waals surface area contributed by atoms with E-state index in [0.29, 0.717) is 5.56 Å². The van der Waals surface area contributed by atoms with Crippen LogP contribution in [0.1, 0.15) is 57.7 Å². The molecule has 2 heterocycles. The number of likely N-dealkylation sites (tertiary alicyclic amines) is 1. The number of hydrogen-bond donors (Lipinski definition) is 1. The number of aryl methyl sites for hydroxylation is 1. The van der Waals surface area contributed by atoms with Gasteiger partial charge in [-0.1, -0.05) is 48.9 Å². The summed E-state index contributed by atoms with van der Waals surface area (Å²) in [6.45, 7) is 8.72. The summed E-state index contributed by atoms with van der Waals surface area (Å²) in [4.78, 5) is 16.8. The van der Waals surface area contributed by atoms with Crippen molar-refractivity contribution in [2.24, 2.45) is 5.92 Å². The Kier molecular flexibility index (Phi) is 6.80. The van der Waals surface area contributed by atoms with E-state index in [1.54, 1.807) is 11.3 Å². The molecular formula is C26H29ClN2OS. The Bertz CT molecular complexity index is 1050. The Hall–Kier alpha value is -2.14. The van der Waals surface area contributed by atoms with Gasteiger partial charge in [0.2, 0.25) is 0 Å². The second kappa shape index (κ2) is 9.56. The number of piperidine rings is 1. The van der Waals surface area contributed by atoms with Gasteiger partial charge in [0.15, 0.2) is 0 Å². The van der Waals surface area contributed by atoms with Crippen LogP contribution in [0.15, 0.2) is 54.6 Å². The maximum Gasteiger partial charge on any atom is 0.256 e. The van der Waals surface area contributed by atoms with E-state index < -0.39 is 0 Å². The number of hydrogen-bond acceptors (Lipinski definition) is 3. The minimum absolute atomic E-state index is 0.0692. The van der Waals surface area contributed by atoms with Crippen LogP contribution in [0.5, 0.6) is 0 Å². The summed E-state index contributed by atoms with van der Waals surface area (Å²) in [5, 5.41) is 4.90. The van der Waals surface area contributed by atoms with Crippen molar-refractivity contribution in [2.75, 3.05) is 18.4 Å². The fraction of sp³-hybridized carbons (Fsp3) is 0.346. The monoisotopic (exact) mass is 452 g/mol. The summed E-state index contributed by atoms with van der Waals surface area (Å²) in [6, 6.07) is 17.7. The minimum Gasteiger partial charge on any atom is -0.313 e. The van der Waals surface area contributed by atoms with Crippen LogP contribution < -0.4 is 5.32 Å². The summed E-state index contributed by atoms with van der Waals surface area (Å²) >= 11 is 8.07. The molecule has 1 aliphatic rings. The zero-order chi connectivity index (χ0) is 22.0. The molecule has 5 heteroatoms. The van der Waals surface area contributed by atoms with Crippen molar-refractivity contribution < 1.29 is 4.79 Å². The predicted molar refractivity (Wildman–Crippen MR) is 131 cm³/mol. The summed E-state index contributed by atoms with van der Waals surface area (Å²) < 4.78 is 0. The lowest BCUT2D eigenvalue weighted by Gasteiger charge is -2.38. The van der Waals surface area contributed by atoms with Crippen molar-refractivity contribution in [1.29, 1.82) is 0 Å². The van der Waals surface area contributed by atoms with Crippen LogP contribution in [0.3, 0.4) is 0 Å². The van der Waals surface area contributed by atoms with Crippen LogP contribution in [0.2, 0.25) is 5.02 Å². The summed E-state index contributed by atoms with van der Waals surface area (Å²) in [6.07, 6.45) is 2.37. The molecule has 0 bridgehead atoms. The summed E-state index contributed by atoms with van der Waals surface area (Å²) in [5.74, 6) is 0.680. The number of nitrogens with zero attached hydrogens (tertiary/aromatic N) is 1. The van der Waals surface area contributed by atoms with Gasteiger partial charge in [-0.2, -0.15) is 0 Å². The first kappa shape index (κ1) is 22.1. The normalized spacial score (nSPS) is 16.3. The van der Waals surface area contributed by atoms with Gasteiger partial charge < -0.3 is 5.32 Å². The molecule has 2 aromatic carbocycles. The van der Waals surface area contributed by atoms with Gasteiger partial charge in [0.05, 0.1) is 6.04 Å². The predicted octanol–water partition coefficient (Wildman–Crippen LogP) is 7.09. The molecule has 0 radical (unpaired) electrons. The fourth-order valence-corrected chi connectivity index (χ4v) is 5.64. The van der Waals surface area contributed by atoms with E-state index in [9.17, 15) is 4.79 Å². The lowest BCUT2D eigenvalue weighted by molar-refractivity contribution is 0.102. The lowest BCUT2D eigenvalue weighted by atomic mass is 9.91. The number of carbonyl (C=O) groups is 1. The van der Waals surface area contributed by atoms with E-state index >= 15 is 0 Å². The maximum absolute atomic E-state index is 13.0. The molecule has 1 fully saturated rings. The molecule has 1 amide bonds. The molecule has 1 saturated heterocycles. The van der Waals surface area contributed by atoms with E-state index in [1.807, 2.05) is 42.5 Å². The first-order valence-corrected chi connectivity index (χ1v) is 12.1. The van der Waals surface area contributed by atoms with E-state index in [1.165, 1.54) is 34.4 Å². The summed E-state index contributed by atoms with van der Waals surface area (Å²) in [5.41, 5.74) is 4.29. The summed E-state index contributed by atoms with van der Waals surface area (Å²) in [7, 11) is 0. The molecule has 4 rings (SSSR count). The quantitative estimate of drug-likeness (QED) is 0.448. The van der Waals surface area contributed by atoms with Gasteiger partial charge >= 0.3 is 0 Å². The highest BCUT2D eigenvalue weighted by Gasteiger charge is 2.31. The average Bonchev–Trinajstić information content (AvgIpc) is 3.04. The largest absolute Gasteiger partial charge is 0.313 e. The Morgan fingerprint density at radius 3 is 2.48 bits per heavy atom. The first-order valence-electron chi connectivity index (χ1n) is 10.9. The molecule has 3 aromatic rings. The molecule has 1 aromatic heterocycles. The van der Waals surface area contributed by atoms with Crippen LogP contribution in [0.25, 0.3) is 0 Å². The molecule has 0 unspecified atom stereocenters. The van der Waals surface area contributed by atoms with Gasteiger partial charge in [-0.15, -0.1) is 11.3 Å². The van der Waals surface area contributed by atoms with Gasteiger partial charge in [0.1, 0.15) is 5.00 Å². The lowest BCUT2D eigenvalue weighted by Crippen LogP contribution is -2.37. The second-order valence-corrected chi connectivity index (χ2v) is 10.2. The Morgan fingerprint density at radius 1 is 1.10 bits per heavy atom. The molecule has 3 nitrogen and oxygen atoms in total. The van der Waals surface area contributed by atoms with Crippen molar-refractivity contribution in [3.63, 3.8) is 0 Å². The number of nitrogens with one attached hydrogen (secondary N) is 1. The zero-order valence-corrected chi connectivity index (χ0v) is 19.9. The SMILES string of the molecule is Cc1sc(NC(=O)c2ccccc2)c([C@@H](c2cccc(Cl)c2)N2CCC(C)CC2)c1C. The fourth-order valence-electron chi connectivity index (χ4n) is 4.35. The highest BCUT2D eigenvalue weighted by atomic mass is 35.5. The third kappa shape index (κ3) is 4.87. The van der Waals surface area contributed by atoms with Crippen molar-refractivity contribution >= 4 is 33.8 Å². The van der Waals surface area contributed by atoms with E-state index in [4.69, 9.17) is 11.6 Å². The zero-order valence-electron chi connectivity index (χ0n) is 18.3. The van der Waals surface area contributed by atoms with Crippen molar-refractivity contribution in [3.05, 3.63) is 86.8 Å². The van der Waals surface area contributed by atoms with Gasteiger partial charge in [-0.25, -0.2) is 0 Å². The molecule has 1 N–H and O–H groups in total. The third-order valence-corrected chi connectivity index (χ3v) is 7.69. The van der Waals surface area contributed by atoms with Crippen LogP contribution in [-0.4, -0.2) is 23.9 Å². The molecule has 31 heavy (non-hydrogen) atoms. The topological polar surface area (TPSA) is 32.3 Å². The molecule has 0 aliphatic carbocycles. The molecule has 1 aliphatic heterocycles. The average molecular weight is 453 g/mol. The number of amides is 1. The Labute approximate surface area is 194 Å². The first-order chi connectivity index (χ1) is 14.9. The van der Waals surface area contributed by atoms with Crippen LogP contribution in [-0.2, 0) is 0 Å². The van der Waals surface area contributed by atoms with Crippen molar-refractivity contribution in [1.82, 2.24) is 4.90 Å². The number of anilines is 1. The van der Waals surface area contributed by atoms with Gasteiger partial charge in [0, 0.05) is 21.0 Å². The van der Waals surface area contributed by atoms with E-state index in [-0.39, 0.29) is 11.9 Å². The smallest absolute Gasteiger partial charge is 0.256 e. The Balaban J connectivity index is 1.76. The van der Waals surface area contributed by atoms with Crippen molar-refractivity contribution in [3.8, 4) is 0 Å².